The molecular formula is C13H15N3O4. The average molecular weight is 277 g/mol. The van der Waals surface area contributed by atoms with Crippen LogP contribution in [0.4, 0.5) is 0 Å². The van der Waals surface area contributed by atoms with Gasteiger partial charge in [0, 0.05) is 18.0 Å². The third-order valence-corrected chi connectivity index (χ3v) is 2.54. The maximum Gasteiger partial charge on any atom is 0.444 e. The van der Waals surface area contributed by atoms with Crippen LogP contribution >= 0.6 is 0 Å². The van der Waals surface area contributed by atoms with Gasteiger partial charge in [-0.15, -0.1) is 0 Å². The van der Waals surface area contributed by atoms with Crippen LogP contribution in [0, 0.1) is 5.41 Å². The molecule has 0 fully saturated rings. The first-order valence-electron chi connectivity index (χ1n) is 6.04. The van der Waals surface area contributed by atoms with E-state index in [4.69, 9.17) is 4.74 Å². The Morgan fingerprint density at radius 3 is 2.80 bits per heavy atom. The summed E-state index contributed by atoms with van der Waals surface area (Å²) in [5.74, 6) is -0.835. The van der Waals surface area contributed by atoms with Crippen molar-refractivity contribution in [1.29, 1.82) is 0 Å². The number of pyridine rings is 1. The van der Waals surface area contributed by atoms with Crippen molar-refractivity contribution in [1.82, 2.24) is 14.7 Å². The largest absolute Gasteiger partial charge is 0.444 e. The number of hydrogen-bond donors (Lipinski definition) is 0. The van der Waals surface area contributed by atoms with E-state index < -0.39 is 17.1 Å². The average Bonchev–Trinajstić information content (AvgIpc) is 2.77. The predicted molar refractivity (Wildman–Crippen MR) is 69.5 cm³/mol. The molecule has 0 saturated carbocycles. The Labute approximate surface area is 115 Å². The summed E-state index contributed by atoms with van der Waals surface area (Å²) in [4.78, 5) is 27.3. The van der Waals surface area contributed by atoms with Crippen molar-refractivity contribution < 1.29 is 14.1 Å². The van der Waals surface area contributed by atoms with E-state index in [1.807, 2.05) is 0 Å². The first kappa shape index (κ1) is 14.0. The summed E-state index contributed by atoms with van der Waals surface area (Å²) in [5.41, 5.74) is -0.0416. The van der Waals surface area contributed by atoms with E-state index in [2.05, 4.69) is 14.7 Å². The van der Waals surface area contributed by atoms with Gasteiger partial charge in [0.05, 0.1) is 5.41 Å². The lowest BCUT2D eigenvalue weighted by Gasteiger charge is -2.16. The smallest absolute Gasteiger partial charge is 0.443 e. The van der Waals surface area contributed by atoms with Crippen molar-refractivity contribution in [3.8, 4) is 11.4 Å². The Kier molecular flexibility index (Phi) is 3.69. The number of ether oxygens (including phenoxy) is 1. The maximum absolute atomic E-state index is 11.7. The van der Waals surface area contributed by atoms with Crippen LogP contribution < -0.4 is 5.76 Å². The second kappa shape index (κ2) is 5.28. The number of rotatable bonds is 3. The lowest BCUT2D eigenvalue weighted by atomic mass is 9.98. The van der Waals surface area contributed by atoms with Gasteiger partial charge >= 0.3 is 11.7 Å². The summed E-state index contributed by atoms with van der Waals surface area (Å²) in [6, 6.07) is 3.44. The number of hydrogen-bond acceptors (Lipinski definition) is 6. The minimum atomic E-state index is -0.689. The van der Waals surface area contributed by atoms with Crippen LogP contribution in [0.1, 0.15) is 20.8 Å². The molecule has 0 saturated heterocycles. The highest BCUT2D eigenvalue weighted by molar-refractivity contribution is 5.75. The molecular weight excluding hydrogens is 262 g/mol. The fourth-order valence-corrected chi connectivity index (χ4v) is 1.42. The minimum Gasteiger partial charge on any atom is -0.443 e. The van der Waals surface area contributed by atoms with Crippen LogP contribution in [0.2, 0.25) is 0 Å². The van der Waals surface area contributed by atoms with Gasteiger partial charge in [-0.3, -0.25) is 14.3 Å². The zero-order valence-corrected chi connectivity index (χ0v) is 11.5. The van der Waals surface area contributed by atoms with Gasteiger partial charge in [0.25, 0.3) is 0 Å². The number of carbonyl (C=O) groups excluding carboxylic acids is 1. The molecule has 7 nitrogen and oxygen atoms in total. The predicted octanol–water partition coefficient (Wildman–Crippen LogP) is 1.45. The second-order valence-corrected chi connectivity index (χ2v) is 5.25. The molecule has 0 aliphatic carbocycles. The van der Waals surface area contributed by atoms with Crippen molar-refractivity contribution in [2.75, 3.05) is 0 Å². The molecule has 0 bridgehead atoms. The van der Waals surface area contributed by atoms with Gasteiger partial charge in [-0.25, -0.2) is 9.36 Å². The zero-order chi connectivity index (χ0) is 14.8. The molecule has 2 rings (SSSR count). The first-order chi connectivity index (χ1) is 9.39. The van der Waals surface area contributed by atoms with Crippen molar-refractivity contribution in [3.05, 3.63) is 35.1 Å². The van der Waals surface area contributed by atoms with Gasteiger partial charge in [-0.1, -0.05) is 5.16 Å². The Bertz CT molecular complexity index is 652. The molecule has 0 aliphatic rings. The van der Waals surface area contributed by atoms with E-state index in [9.17, 15) is 9.59 Å². The normalized spacial score (nSPS) is 11.3. The Hall–Kier alpha value is -2.44. The van der Waals surface area contributed by atoms with E-state index in [0.29, 0.717) is 5.56 Å². The topological polar surface area (TPSA) is 87.2 Å². The summed E-state index contributed by atoms with van der Waals surface area (Å²) in [7, 11) is 0. The van der Waals surface area contributed by atoms with Crippen LogP contribution in [0.5, 0.6) is 0 Å². The molecule has 7 heteroatoms. The standard InChI is InChI=1S/C13H15N3O4/c1-13(2,3)11(17)19-8-16-10(15-20-12(16)18)9-5-4-6-14-7-9/h4-7H,8H2,1-3H3. The third-order valence-electron chi connectivity index (χ3n) is 2.54. The highest BCUT2D eigenvalue weighted by atomic mass is 16.6. The molecule has 0 unspecified atom stereocenters. The van der Waals surface area contributed by atoms with Crippen molar-refractivity contribution in [2.24, 2.45) is 5.41 Å². The maximum atomic E-state index is 11.7. The molecule has 0 N–H and O–H groups in total. The van der Waals surface area contributed by atoms with E-state index in [0.717, 1.165) is 4.57 Å². The third kappa shape index (κ3) is 2.93. The molecule has 0 aliphatic heterocycles. The highest BCUT2D eigenvalue weighted by Crippen LogP contribution is 2.17. The number of esters is 1. The van der Waals surface area contributed by atoms with Crippen LogP contribution in [-0.4, -0.2) is 20.7 Å². The second-order valence-electron chi connectivity index (χ2n) is 5.25. The molecule has 20 heavy (non-hydrogen) atoms. The SMILES string of the molecule is CC(C)(C)C(=O)OCn1c(-c2cccnc2)noc1=O. The fourth-order valence-electron chi connectivity index (χ4n) is 1.42. The summed E-state index contributed by atoms with van der Waals surface area (Å²) >= 11 is 0. The van der Waals surface area contributed by atoms with Crippen LogP contribution in [0.15, 0.2) is 33.8 Å². The quantitative estimate of drug-likeness (QED) is 0.789. The van der Waals surface area contributed by atoms with Crippen LogP contribution in [-0.2, 0) is 16.3 Å². The summed E-state index contributed by atoms with van der Waals surface area (Å²) in [6.45, 7) is 4.94. The van der Waals surface area contributed by atoms with Crippen molar-refractivity contribution >= 4 is 5.97 Å². The van der Waals surface area contributed by atoms with E-state index in [1.165, 1.54) is 0 Å². The molecule has 106 valence electrons. The highest BCUT2D eigenvalue weighted by Gasteiger charge is 2.24. The van der Waals surface area contributed by atoms with Crippen molar-refractivity contribution in [2.45, 2.75) is 27.5 Å². The Balaban J connectivity index is 2.23. The Morgan fingerprint density at radius 1 is 1.45 bits per heavy atom. The van der Waals surface area contributed by atoms with Gasteiger partial charge in [-0.05, 0) is 32.9 Å². The fraction of sp³-hybridized carbons (Fsp3) is 0.385. The summed E-state index contributed by atoms with van der Waals surface area (Å²) < 4.78 is 10.8. The molecule has 0 radical (unpaired) electrons. The van der Waals surface area contributed by atoms with Crippen LogP contribution in [0.3, 0.4) is 0 Å². The van der Waals surface area contributed by atoms with Gasteiger partial charge in [0.2, 0.25) is 0 Å². The lowest BCUT2D eigenvalue weighted by Crippen LogP contribution is -2.26. The monoisotopic (exact) mass is 277 g/mol. The molecule has 2 aromatic rings. The molecule has 0 spiro atoms. The first-order valence-corrected chi connectivity index (χ1v) is 6.04. The van der Waals surface area contributed by atoms with Gasteiger partial charge in [-0.2, -0.15) is 0 Å². The number of carbonyl (C=O) groups is 1. The molecule has 0 aromatic carbocycles. The zero-order valence-electron chi connectivity index (χ0n) is 11.5. The van der Waals surface area contributed by atoms with Crippen molar-refractivity contribution in [3.63, 3.8) is 0 Å². The summed E-state index contributed by atoms with van der Waals surface area (Å²) in [6.07, 6.45) is 3.14. The number of aromatic nitrogens is 3. The van der Waals surface area contributed by atoms with E-state index >= 15 is 0 Å². The summed E-state index contributed by atoms with van der Waals surface area (Å²) in [5, 5.41) is 3.67. The van der Waals surface area contributed by atoms with E-state index in [-0.39, 0.29) is 12.6 Å². The van der Waals surface area contributed by atoms with E-state index in [1.54, 1.807) is 45.3 Å². The van der Waals surface area contributed by atoms with Gasteiger partial charge in [0.15, 0.2) is 12.6 Å². The molecule has 0 atom stereocenters. The Morgan fingerprint density at radius 2 is 2.20 bits per heavy atom. The molecule has 2 heterocycles. The van der Waals surface area contributed by atoms with Gasteiger partial charge in [0.1, 0.15) is 0 Å². The number of nitrogens with zero attached hydrogens (tertiary/aromatic N) is 3. The minimum absolute atomic E-state index is 0.247. The van der Waals surface area contributed by atoms with Crippen LogP contribution in [0.25, 0.3) is 11.4 Å². The molecule has 2 aromatic heterocycles. The van der Waals surface area contributed by atoms with Gasteiger partial charge < -0.3 is 4.74 Å². The molecule has 0 amide bonds. The lowest BCUT2D eigenvalue weighted by molar-refractivity contribution is -0.157.